The van der Waals surface area contributed by atoms with E-state index in [0.717, 1.165) is 37.9 Å². The van der Waals surface area contributed by atoms with Crippen molar-refractivity contribution in [1.82, 2.24) is 9.80 Å². The number of carbonyl (C=O) groups excluding carboxylic acids is 2. The molecule has 2 saturated heterocycles. The van der Waals surface area contributed by atoms with Gasteiger partial charge in [-0.2, -0.15) is 0 Å². The van der Waals surface area contributed by atoms with Crippen LogP contribution in [0.15, 0.2) is 18.2 Å². The Balaban J connectivity index is 1.60. The molecule has 3 rings (SSSR count). The first kappa shape index (κ1) is 18.8. The zero-order valence-electron chi connectivity index (χ0n) is 15.2. The molecule has 1 atom stereocenters. The molecule has 4 nitrogen and oxygen atoms in total. The van der Waals surface area contributed by atoms with Crippen LogP contribution in [-0.4, -0.2) is 47.3 Å². The summed E-state index contributed by atoms with van der Waals surface area (Å²) in [6.45, 7) is 3.80. The van der Waals surface area contributed by atoms with Gasteiger partial charge in [0.15, 0.2) is 0 Å². The van der Waals surface area contributed by atoms with Crippen molar-refractivity contribution < 1.29 is 18.4 Å². The maximum Gasteiger partial charge on any atom is 0.256 e. The van der Waals surface area contributed by atoms with Gasteiger partial charge in [0.2, 0.25) is 5.91 Å². The van der Waals surface area contributed by atoms with E-state index >= 15 is 0 Å². The number of amides is 2. The van der Waals surface area contributed by atoms with E-state index in [1.165, 1.54) is 12.5 Å². The molecule has 2 fully saturated rings. The van der Waals surface area contributed by atoms with Crippen molar-refractivity contribution in [2.24, 2.45) is 5.92 Å². The van der Waals surface area contributed by atoms with Gasteiger partial charge in [-0.3, -0.25) is 9.59 Å². The molecule has 142 valence electrons. The Hall–Kier alpha value is -1.98. The summed E-state index contributed by atoms with van der Waals surface area (Å²) in [6.07, 6.45) is 5.48. The lowest BCUT2D eigenvalue weighted by atomic mass is 9.91. The lowest BCUT2D eigenvalue weighted by Gasteiger charge is -2.39. The molecular weight excluding hydrogens is 338 g/mol. The minimum Gasteiger partial charge on any atom is -0.339 e. The van der Waals surface area contributed by atoms with Gasteiger partial charge in [0.1, 0.15) is 11.6 Å². The first-order valence-electron chi connectivity index (χ1n) is 9.56. The lowest BCUT2D eigenvalue weighted by molar-refractivity contribution is -0.140. The maximum absolute atomic E-state index is 13.8. The minimum atomic E-state index is -0.840. The van der Waals surface area contributed by atoms with Crippen molar-refractivity contribution in [2.75, 3.05) is 19.6 Å². The number of carbonyl (C=O) groups is 2. The van der Waals surface area contributed by atoms with Crippen LogP contribution in [0.3, 0.4) is 0 Å². The van der Waals surface area contributed by atoms with Crippen molar-refractivity contribution in [2.45, 2.75) is 51.5 Å². The highest BCUT2D eigenvalue weighted by Gasteiger charge is 2.34. The van der Waals surface area contributed by atoms with E-state index in [1.54, 1.807) is 4.90 Å². The summed E-state index contributed by atoms with van der Waals surface area (Å²) in [5, 5.41) is 0. The molecule has 26 heavy (non-hydrogen) atoms. The number of nitrogens with zero attached hydrogens (tertiary/aromatic N) is 2. The number of piperidine rings is 2. The fourth-order valence-electron chi connectivity index (χ4n) is 4.11. The Bertz CT molecular complexity index is 672. The molecule has 0 spiro atoms. The summed E-state index contributed by atoms with van der Waals surface area (Å²) in [7, 11) is 0. The van der Waals surface area contributed by atoms with Gasteiger partial charge in [-0.15, -0.1) is 0 Å². The Morgan fingerprint density at radius 2 is 1.81 bits per heavy atom. The third kappa shape index (κ3) is 3.89. The molecule has 2 heterocycles. The van der Waals surface area contributed by atoms with Crippen molar-refractivity contribution in [3.05, 3.63) is 35.4 Å². The topological polar surface area (TPSA) is 40.6 Å². The third-order valence-electron chi connectivity index (χ3n) is 5.67. The lowest BCUT2D eigenvalue weighted by Crippen LogP contribution is -2.49. The molecular formula is C20H26F2N2O2. The maximum atomic E-state index is 13.8. The first-order valence-corrected chi connectivity index (χ1v) is 9.56. The summed E-state index contributed by atoms with van der Waals surface area (Å²) in [5.41, 5.74) is -0.113. The van der Waals surface area contributed by atoms with Gasteiger partial charge in [-0.25, -0.2) is 8.78 Å². The zero-order valence-corrected chi connectivity index (χ0v) is 15.2. The molecule has 0 saturated carbocycles. The largest absolute Gasteiger partial charge is 0.339 e. The van der Waals surface area contributed by atoms with Crippen LogP contribution in [0.25, 0.3) is 0 Å². The first-order chi connectivity index (χ1) is 12.5. The Kier molecular flexibility index (Phi) is 5.89. The van der Waals surface area contributed by atoms with Crippen LogP contribution >= 0.6 is 0 Å². The second-order valence-electron chi connectivity index (χ2n) is 7.28. The molecule has 0 aliphatic carbocycles. The van der Waals surface area contributed by atoms with E-state index < -0.39 is 17.5 Å². The number of likely N-dealkylation sites (tertiary alicyclic amines) is 2. The fourth-order valence-corrected chi connectivity index (χ4v) is 4.11. The SMILES string of the molecule is CCC1CCCCN1C(=O)C1CCN(C(=O)c2ccc(F)cc2F)CC1. The van der Waals surface area contributed by atoms with Crippen LogP contribution in [0.4, 0.5) is 8.78 Å². The van der Waals surface area contributed by atoms with E-state index in [9.17, 15) is 18.4 Å². The van der Waals surface area contributed by atoms with Gasteiger partial charge >= 0.3 is 0 Å². The summed E-state index contributed by atoms with van der Waals surface area (Å²) < 4.78 is 26.9. The van der Waals surface area contributed by atoms with Gasteiger partial charge in [-0.05, 0) is 50.7 Å². The molecule has 2 aliphatic rings. The van der Waals surface area contributed by atoms with Crippen LogP contribution < -0.4 is 0 Å². The number of hydrogen-bond acceptors (Lipinski definition) is 2. The van der Waals surface area contributed by atoms with E-state index in [2.05, 4.69) is 6.92 Å². The highest BCUT2D eigenvalue weighted by Crippen LogP contribution is 2.27. The monoisotopic (exact) mass is 364 g/mol. The van der Waals surface area contributed by atoms with Crippen molar-refractivity contribution in [3.63, 3.8) is 0 Å². The number of halogens is 2. The number of benzene rings is 1. The Labute approximate surface area is 153 Å². The van der Waals surface area contributed by atoms with E-state index in [1.807, 2.05) is 4.90 Å². The van der Waals surface area contributed by atoms with Gasteiger partial charge in [0.25, 0.3) is 5.91 Å². The average molecular weight is 364 g/mol. The van der Waals surface area contributed by atoms with Crippen molar-refractivity contribution in [1.29, 1.82) is 0 Å². The zero-order chi connectivity index (χ0) is 18.7. The molecule has 0 aromatic heterocycles. The molecule has 1 aromatic carbocycles. The normalized spacial score (nSPS) is 21.7. The van der Waals surface area contributed by atoms with Gasteiger partial charge in [0, 0.05) is 37.7 Å². The summed E-state index contributed by atoms with van der Waals surface area (Å²) in [4.78, 5) is 29.0. The second-order valence-corrected chi connectivity index (χ2v) is 7.28. The van der Waals surface area contributed by atoms with E-state index in [-0.39, 0.29) is 17.4 Å². The molecule has 1 unspecified atom stereocenters. The van der Waals surface area contributed by atoms with E-state index in [0.29, 0.717) is 32.0 Å². The fraction of sp³-hybridized carbons (Fsp3) is 0.600. The summed E-state index contributed by atoms with van der Waals surface area (Å²) in [6, 6.07) is 3.34. The summed E-state index contributed by atoms with van der Waals surface area (Å²) >= 11 is 0. The molecule has 0 N–H and O–H groups in total. The average Bonchev–Trinajstić information content (AvgIpc) is 2.67. The number of hydrogen-bond donors (Lipinski definition) is 0. The highest BCUT2D eigenvalue weighted by atomic mass is 19.1. The Morgan fingerprint density at radius 1 is 1.08 bits per heavy atom. The van der Waals surface area contributed by atoms with Crippen LogP contribution in [0.1, 0.15) is 55.8 Å². The molecule has 6 heteroatoms. The Morgan fingerprint density at radius 3 is 2.46 bits per heavy atom. The van der Waals surface area contributed by atoms with Crippen LogP contribution in [0.2, 0.25) is 0 Å². The van der Waals surface area contributed by atoms with Crippen LogP contribution in [0, 0.1) is 17.6 Å². The second kappa shape index (κ2) is 8.14. The quantitative estimate of drug-likeness (QED) is 0.822. The number of rotatable bonds is 3. The summed E-state index contributed by atoms with van der Waals surface area (Å²) in [5.74, 6) is -1.83. The third-order valence-corrected chi connectivity index (χ3v) is 5.67. The molecule has 1 aromatic rings. The molecule has 2 amide bonds. The van der Waals surface area contributed by atoms with Gasteiger partial charge < -0.3 is 9.80 Å². The van der Waals surface area contributed by atoms with Crippen LogP contribution in [-0.2, 0) is 4.79 Å². The smallest absolute Gasteiger partial charge is 0.256 e. The van der Waals surface area contributed by atoms with Crippen molar-refractivity contribution >= 4 is 11.8 Å². The standard InChI is InChI=1S/C20H26F2N2O2/c1-2-16-5-3-4-10-24(16)19(25)14-8-11-23(12-9-14)20(26)17-7-6-15(21)13-18(17)22/h6-7,13-14,16H,2-5,8-12H2,1H3. The highest BCUT2D eigenvalue weighted by molar-refractivity contribution is 5.94. The molecule has 2 aliphatic heterocycles. The molecule has 0 bridgehead atoms. The van der Waals surface area contributed by atoms with Crippen LogP contribution in [0.5, 0.6) is 0 Å². The predicted octanol–water partition coefficient (Wildman–Crippen LogP) is 3.61. The van der Waals surface area contributed by atoms with Gasteiger partial charge in [0.05, 0.1) is 5.56 Å². The van der Waals surface area contributed by atoms with Gasteiger partial charge in [-0.1, -0.05) is 6.92 Å². The van der Waals surface area contributed by atoms with Crippen molar-refractivity contribution in [3.8, 4) is 0 Å². The predicted molar refractivity (Wildman–Crippen MR) is 94.6 cm³/mol. The molecule has 0 radical (unpaired) electrons. The van der Waals surface area contributed by atoms with E-state index in [4.69, 9.17) is 0 Å². The minimum absolute atomic E-state index is 0.0655.